The zero-order valence-electron chi connectivity index (χ0n) is 15.3. The minimum atomic E-state index is -3.28. The van der Waals surface area contributed by atoms with Gasteiger partial charge in [-0.2, -0.15) is 0 Å². The summed E-state index contributed by atoms with van der Waals surface area (Å²) >= 11 is 0. The quantitative estimate of drug-likeness (QED) is 0.767. The van der Waals surface area contributed by atoms with E-state index < -0.39 is 21.5 Å². The Morgan fingerprint density at radius 1 is 1.24 bits per heavy atom. The average Bonchev–Trinajstić information content (AvgIpc) is 2.54. The number of rotatable bonds is 8. The fraction of sp³-hybridized carbons (Fsp3) is 0.632. The van der Waals surface area contributed by atoms with Crippen LogP contribution in [0.2, 0.25) is 0 Å². The summed E-state index contributed by atoms with van der Waals surface area (Å²) in [5.74, 6) is -0.0249. The molecule has 1 unspecified atom stereocenters. The Morgan fingerprint density at radius 3 is 2.56 bits per heavy atom. The number of carbonyl (C=O) groups is 1. The molecule has 0 spiro atoms. The summed E-state index contributed by atoms with van der Waals surface area (Å²) in [4.78, 5) is 14.3. The highest BCUT2D eigenvalue weighted by molar-refractivity contribution is 7.92. The highest BCUT2D eigenvalue weighted by Gasteiger charge is 2.17. The zero-order chi connectivity index (χ0) is 18.3. The lowest BCUT2D eigenvalue weighted by atomic mass is 9.99. The monoisotopic (exact) mass is 366 g/mol. The lowest BCUT2D eigenvalue weighted by Gasteiger charge is -2.30. The maximum atomic E-state index is 11.8. The van der Waals surface area contributed by atoms with Gasteiger partial charge in [-0.1, -0.05) is 38.1 Å². The van der Waals surface area contributed by atoms with Crippen LogP contribution in [0, 0.1) is 5.92 Å². The maximum absolute atomic E-state index is 11.8. The number of hydrogen-bond donors (Lipinski definition) is 1. The van der Waals surface area contributed by atoms with Gasteiger partial charge in [0.1, 0.15) is 5.75 Å². The van der Waals surface area contributed by atoms with Crippen molar-refractivity contribution in [3.05, 3.63) is 35.4 Å². The Bertz CT molecular complexity index is 656. The molecule has 6 heteroatoms. The molecule has 1 fully saturated rings. The Balaban J connectivity index is 1.79. The van der Waals surface area contributed by atoms with Crippen LogP contribution >= 0.6 is 0 Å². The van der Waals surface area contributed by atoms with Gasteiger partial charge < -0.3 is 5.32 Å². The van der Waals surface area contributed by atoms with Gasteiger partial charge in [-0.05, 0) is 42.9 Å². The first kappa shape index (κ1) is 19.9. The molecule has 0 aliphatic carbocycles. The van der Waals surface area contributed by atoms with Crippen LogP contribution < -0.4 is 5.32 Å². The minimum absolute atomic E-state index is 0.0598. The summed E-state index contributed by atoms with van der Waals surface area (Å²) < 4.78 is 23.3. The van der Waals surface area contributed by atoms with E-state index in [0.717, 1.165) is 31.1 Å². The van der Waals surface area contributed by atoms with E-state index in [1.165, 1.54) is 18.4 Å². The number of sulfone groups is 1. The third-order valence-electron chi connectivity index (χ3n) is 4.53. The first-order chi connectivity index (χ1) is 11.9. The molecule has 5 nitrogen and oxygen atoms in total. The Labute approximate surface area is 151 Å². The van der Waals surface area contributed by atoms with Gasteiger partial charge in [-0.25, -0.2) is 8.42 Å². The van der Waals surface area contributed by atoms with Crippen LogP contribution in [0.25, 0.3) is 0 Å². The van der Waals surface area contributed by atoms with E-state index in [1.54, 1.807) is 6.92 Å². The van der Waals surface area contributed by atoms with E-state index >= 15 is 0 Å². The van der Waals surface area contributed by atoms with Gasteiger partial charge in [0.25, 0.3) is 0 Å². The lowest BCUT2D eigenvalue weighted by Crippen LogP contribution is -2.33. The van der Waals surface area contributed by atoms with Gasteiger partial charge in [-0.15, -0.1) is 0 Å². The molecule has 0 radical (unpaired) electrons. The third kappa shape index (κ3) is 7.16. The molecule has 1 aromatic rings. The highest BCUT2D eigenvalue weighted by Crippen LogP contribution is 2.18. The van der Waals surface area contributed by atoms with Gasteiger partial charge >= 0.3 is 0 Å². The minimum Gasteiger partial charge on any atom is -0.351 e. The first-order valence-corrected chi connectivity index (χ1v) is 11.0. The molecule has 1 N–H and O–H groups in total. The van der Waals surface area contributed by atoms with Crippen LogP contribution in [0.4, 0.5) is 0 Å². The van der Waals surface area contributed by atoms with Crippen molar-refractivity contribution < 1.29 is 13.2 Å². The average molecular weight is 367 g/mol. The number of benzene rings is 1. The zero-order valence-corrected chi connectivity index (χ0v) is 16.1. The predicted octanol–water partition coefficient (Wildman–Crippen LogP) is 2.36. The molecule has 1 atom stereocenters. The van der Waals surface area contributed by atoms with E-state index in [2.05, 4.69) is 29.3 Å². The van der Waals surface area contributed by atoms with Crippen LogP contribution in [0.1, 0.15) is 44.2 Å². The van der Waals surface area contributed by atoms with Crippen LogP contribution in [0.15, 0.2) is 24.3 Å². The van der Waals surface area contributed by atoms with Gasteiger partial charge in [-0.3, -0.25) is 9.69 Å². The van der Waals surface area contributed by atoms with E-state index in [-0.39, 0.29) is 5.75 Å². The summed E-state index contributed by atoms with van der Waals surface area (Å²) in [5.41, 5.74) is 2.26. The van der Waals surface area contributed by atoms with Gasteiger partial charge in [0.05, 0.1) is 5.75 Å². The smallest absolute Gasteiger partial charge is 0.235 e. The van der Waals surface area contributed by atoms with Crippen molar-refractivity contribution in [2.24, 2.45) is 5.92 Å². The van der Waals surface area contributed by atoms with Gasteiger partial charge in [0.15, 0.2) is 9.84 Å². The SMILES string of the molecule is CCCS(=O)(=O)CC(=O)NCc1ccc(CN2CCCC(C)C2)cc1. The number of nitrogens with zero attached hydrogens (tertiary/aromatic N) is 1. The molecule has 140 valence electrons. The van der Waals surface area contributed by atoms with Crippen LogP contribution in [0.3, 0.4) is 0 Å². The van der Waals surface area contributed by atoms with E-state index in [1.807, 2.05) is 12.1 Å². The molecule has 1 aliphatic rings. The normalized spacial score (nSPS) is 18.9. The fourth-order valence-corrected chi connectivity index (χ4v) is 4.55. The second-order valence-corrected chi connectivity index (χ2v) is 9.35. The molecule has 1 saturated heterocycles. The van der Waals surface area contributed by atoms with Crippen molar-refractivity contribution in [2.75, 3.05) is 24.6 Å². The third-order valence-corrected chi connectivity index (χ3v) is 6.26. The number of piperidine rings is 1. The largest absolute Gasteiger partial charge is 0.351 e. The molecule has 25 heavy (non-hydrogen) atoms. The van der Waals surface area contributed by atoms with Crippen molar-refractivity contribution in [3.8, 4) is 0 Å². The lowest BCUT2D eigenvalue weighted by molar-refractivity contribution is -0.118. The van der Waals surface area contributed by atoms with Crippen molar-refractivity contribution in [3.63, 3.8) is 0 Å². The fourth-order valence-electron chi connectivity index (χ4n) is 3.29. The Kier molecular flexibility index (Phi) is 7.44. The number of likely N-dealkylation sites (tertiary alicyclic amines) is 1. The van der Waals surface area contributed by atoms with Crippen LogP contribution in [-0.2, 0) is 27.7 Å². The molecule has 1 aliphatic heterocycles. The molecular weight excluding hydrogens is 336 g/mol. The molecule has 1 aromatic carbocycles. The van der Waals surface area contributed by atoms with E-state index in [9.17, 15) is 13.2 Å². The molecular formula is C19H30N2O3S. The molecule has 2 rings (SSSR count). The first-order valence-electron chi connectivity index (χ1n) is 9.15. The summed E-state index contributed by atoms with van der Waals surface area (Å²) in [7, 11) is -3.28. The number of carbonyl (C=O) groups excluding carboxylic acids is 1. The summed E-state index contributed by atoms with van der Waals surface area (Å²) in [6.07, 6.45) is 3.13. The number of nitrogens with one attached hydrogen (secondary N) is 1. The number of amides is 1. The Hall–Kier alpha value is -1.40. The highest BCUT2D eigenvalue weighted by atomic mass is 32.2. The second-order valence-electron chi connectivity index (χ2n) is 7.17. The molecule has 0 bridgehead atoms. The van der Waals surface area contributed by atoms with E-state index in [0.29, 0.717) is 13.0 Å². The molecule has 0 saturated carbocycles. The molecule has 0 aromatic heterocycles. The summed E-state index contributed by atoms with van der Waals surface area (Å²) in [6, 6.07) is 8.19. The van der Waals surface area contributed by atoms with Crippen molar-refractivity contribution in [2.45, 2.75) is 46.2 Å². The van der Waals surface area contributed by atoms with E-state index in [4.69, 9.17) is 0 Å². The van der Waals surface area contributed by atoms with Crippen molar-refractivity contribution in [1.29, 1.82) is 0 Å². The summed E-state index contributed by atoms with van der Waals surface area (Å²) in [5, 5.41) is 2.69. The molecule has 1 heterocycles. The van der Waals surface area contributed by atoms with Crippen LogP contribution in [-0.4, -0.2) is 43.8 Å². The van der Waals surface area contributed by atoms with Crippen LogP contribution in [0.5, 0.6) is 0 Å². The maximum Gasteiger partial charge on any atom is 0.235 e. The topological polar surface area (TPSA) is 66.5 Å². The number of hydrogen-bond acceptors (Lipinski definition) is 4. The predicted molar refractivity (Wildman–Crippen MR) is 101 cm³/mol. The van der Waals surface area contributed by atoms with Crippen molar-refractivity contribution in [1.82, 2.24) is 10.2 Å². The van der Waals surface area contributed by atoms with Gasteiger partial charge in [0, 0.05) is 19.6 Å². The molecule has 1 amide bonds. The van der Waals surface area contributed by atoms with Gasteiger partial charge in [0.2, 0.25) is 5.91 Å². The second kappa shape index (κ2) is 9.34. The van der Waals surface area contributed by atoms with Crippen molar-refractivity contribution >= 4 is 15.7 Å². The standard InChI is InChI=1S/C19H30N2O3S/c1-3-11-25(23,24)15-19(22)20-12-17-6-8-18(9-7-17)14-21-10-4-5-16(2)13-21/h6-9,16H,3-5,10-15H2,1-2H3,(H,20,22). The summed E-state index contributed by atoms with van der Waals surface area (Å²) in [6.45, 7) is 7.74. The Morgan fingerprint density at radius 2 is 1.92 bits per heavy atom.